The lowest BCUT2D eigenvalue weighted by molar-refractivity contribution is -0.671. The molecule has 28 heavy (non-hydrogen) atoms. The van der Waals surface area contributed by atoms with Gasteiger partial charge in [0.15, 0.2) is 22.2 Å². The van der Waals surface area contributed by atoms with Gasteiger partial charge in [-0.2, -0.15) is 0 Å². The van der Waals surface area contributed by atoms with E-state index in [1.807, 2.05) is 43.1 Å². The van der Waals surface area contributed by atoms with Gasteiger partial charge in [-0.15, -0.1) is 0 Å². The van der Waals surface area contributed by atoms with Crippen molar-refractivity contribution in [1.29, 1.82) is 0 Å². The van der Waals surface area contributed by atoms with Crippen molar-refractivity contribution < 1.29 is 18.1 Å². The number of benzene rings is 1. The van der Waals surface area contributed by atoms with Crippen LogP contribution in [-0.2, 0) is 16.9 Å². The Morgan fingerprint density at radius 3 is 2.50 bits per heavy atom. The molecule has 0 radical (unpaired) electrons. The first-order valence-electron chi connectivity index (χ1n) is 9.99. The first kappa shape index (κ1) is 20.8. The lowest BCUT2D eigenvalue weighted by Crippen LogP contribution is -2.42. The number of aliphatic hydroxyl groups is 1. The van der Waals surface area contributed by atoms with Crippen molar-refractivity contribution in [2.45, 2.75) is 56.4 Å². The number of pyridine rings is 1. The fourth-order valence-corrected chi connectivity index (χ4v) is 6.73. The molecule has 2 aromatic rings. The van der Waals surface area contributed by atoms with E-state index < -0.39 is 27.3 Å². The van der Waals surface area contributed by atoms with Crippen LogP contribution in [0.15, 0.2) is 47.6 Å². The van der Waals surface area contributed by atoms with Crippen molar-refractivity contribution in [3.05, 3.63) is 53.9 Å². The van der Waals surface area contributed by atoms with Crippen LogP contribution in [0, 0.1) is 5.41 Å². The van der Waals surface area contributed by atoms with Gasteiger partial charge in [0.25, 0.3) is 0 Å². The van der Waals surface area contributed by atoms with E-state index in [4.69, 9.17) is 5.73 Å². The van der Waals surface area contributed by atoms with E-state index >= 15 is 0 Å². The molecular formula is C22H31N2O3S+. The van der Waals surface area contributed by atoms with Crippen LogP contribution in [0.3, 0.4) is 0 Å². The fraction of sp³-hybridized carbons (Fsp3) is 0.500. The third-order valence-corrected chi connectivity index (χ3v) is 8.22. The predicted octanol–water partition coefficient (Wildman–Crippen LogP) is 2.96. The maximum absolute atomic E-state index is 13.4. The molecule has 3 atom stereocenters. The number of nitrogens with zero attached hydrogens (tertiary/aromatic N) is 1. The number of hydrogen-bond acceptors (Lipinski definition) is 4. The van der Waals surface area contributed by atoms with E-state index in [0.717, 1.165) is 18.4 Å². The molecule has 1 aromatic carbocycles. The minimum absolute atomic E-state index is 0.0360. The van der Waals surface area contributed by atoms with E-state index in [1.165, 1.54) is 0 Å². The van der Waals surface area contributed by atoms with E-state index in [0.29, 0.717) is 29.0 Å². The number of anilines is 1. The molecular weight excluding hydrogens is 372 g/mol. The SMILES string of the molecule is CCCCC1(CC)CS(=O)(=O)c2ccc(N)cc2[C@@H](c2cc[n+](C)cc2)[C@H]1O. The molecule has 0 spiro atoms. The number of hydrogen-bond donors (Lipinski definition) is 2. The van der Waals surface area contributed by atoms with Gasteiger partial charge in [0.05, 0.1) is 16.8 Å². The zero-order valence-electron chi connectivity index (χ0n) is 16.9. The number of nitrogens with two attached hydrogens (primary N) is 1. The largest absolute Gasteiger partial charge is 0.399 e. The second kappa shape index (κ2) is 7.84. The van der Waals surface area contributed by atoms with E-state index in [-0.39, 0.29) is 5.75 Å². The summed E-state index contributed by atoms with van der Waals surface area (Å²) in [5.41, 5.74) is 7.36. The van der Waals surface area contributed by atoms with Crippen LogP contribution < -0.4 is 10.3 Å². The summed E-state index contributed by atoms with van der Waals surface area (Å²) >= 11 is 0. The number of fused-ring (bicyclic) bond motifs is 1. The van der Waals surface area contributed by atoms with Crippen LogP contribution in [-0.4, -0.2) is 25.4 Å². The molecule has 1 aliphatic rings. The van der Waals surface area contributed by atoms with Gasteiger partial charge in [-0.25, -0.2) is 13.0 Å². The van der Waals surface area contributed by atoms with E-state index in [1.54, 1.807) is 18.2 Å². The molecule has 3 rings (SSSR count). The Hall–Kier alpha value is -1.92. The minimum Gasteiger partial charge on any atom is -0.399 e. The van der Waals surface area contributed by atoms with E-state index in [9.17, 15) is 13.5 Å². The summed E-state index contributed by atoms with van der Waals surface area (Å²) < 4.78 is 28.6. The molecule has 0 fully saturated rings. The average molecular weight is 404 g/mol. The Morgan fingerprint density at radius 1 is 1.21 bits per heavy atom. The number of aromatic nitrogens is 1. The first-order chi connectivity index (χ1) is 13.2. The zero-order chi connectivity index (χ0) is 20.5. The van der Waals surface area contributed by atoms with Crippen molar-refractivity contribution in [3.63, 3.8) is 0 Å². The topological polar surface area (TPSA) is 84.3 Å². The highest BCUT2D eigenvalue weighted by atomic mass is 32.2. The van der Waals surface area contributed by atoms with Crippen molar-refractivity contribution in [2.24, 2.45) is 12.5 Å². The molecule has 0 amide bonds. The molecule has 1 unspecified atom stereocenters. The predicted molar refractivity (Wildman–Crippen MR) is 111 cm³/mol. The Kier molecular flexibility index (Phi) is 5.82. The van der Waals surface area contributed by atoms with Gasteiger partial charge in [-0.3, -0.25) is 0 Å². The summed E-state index contributed by atoms with van der Waals surface area (Å²) in [6.45, 7) is 4.08. The van der Waals surface area contributed by atoms with Crippen molar-refractivity contribution in [1.82, 2.24) is 0 Å². The molecule has 2 heterocycles. The fourth-order valence-electron chi connectivity index (χ4n) is 4.48. The lowest BCUT2D eigenvalue weighted by atomic mass is 9.69. The van der Waals surface area contributed by atoms with Crippen molar-refractivity contribution in [3.8, 4) is 0 Å². The van der Waals surface area contributed by atoms with Crippen LogP contribution in [0.4, 0.5) is 5.69 Å². The summed E-state index contributed by atoms with van der Waals surface area (Å²) in [5, 5.41) is 11.7. The van der Waals surface area contributed by atoms with Gasteiger partial charge in [-0.1, -0.05) is 26.7 Å². The van der Waals surface area contributed by atoms with Crippen molar-refractivity contribution >= 4 is 15.5 Å². The third-order valence-electron chi connectivity index (χ3n) is 6.22. The number of sulfone groups is 1. The quantitative estimate of drug-likeness (QED) is 0.594. The maximum Gasteiger partial charge on any atom is 0.179 e. The zero-order valence-corrected chi connectivity index (χ0v) is 17.7. The Morgan fingerprint density at radius 2 is 1.89 bits per heavy atom. The Bertz CT molecular complexity index is 941. The average Bonchev–Trinajstić information content (AvgIpc) is 2.72. The number of unbranched alkanes of at least 4 members (excludes halogenated alkanes) is 1. The second-order valence-corrected chi connectivity index (χ2v) is 10.1. The van der Waals surface area contributed by atoms with Gasteiger partial charge in [-0.05, 0) is 42.2 Å². The number of rotatable bonds is 5. The van der Waals surface area contributed by atoms with Gasteiger partial charge >= 0.3 is 0 Å². The molecule has 1 aliphatic heterocycles. The van der Waals surface area contributed by atoms with Gasteiger partial charge < -0.3 is 10.8 Å². The standard InChI is InChI=1S/C22H31N2O3S/c1-4-6-11-22(5-2)15-28(26,27)19-8-7-17(23)14-18(19)20(21(22)25)16-9-12-24(3)13-10-16/h7-10,12-14,20-21,25H,4-6,11,15,23H2,1-3H3/q+1/t20-,21-,22?/m1/s1. The number of aryl methyl sites for hydroxylation is 1. The number of aliphatic hydroxyl groups excluding tert-OH is 1. The summed E-state index contributed by atoms with van der Waals surface area (Å²) in [6.07, 6.45) is 6.17. The van der Waals surface area contributed by atoms with Gasteiger partial charge in [0, 0.05) is 29.2 Å². The van der Waals surface area contributed by atoms with Crippen LogP contribution in [0.5, 0.6) is 0 Å². The Balaban J connectivity index is 2.28. The normalized spacial score (nSPS) is 26.4. The molecule has 0 saturated carbocycles. The number of nitrogen functional groups attached to an aromatic ring is 1. The highest BCUT2D eigenvalue weighted by Gasteiger charge is 2.49. The molecule has 6 heteroatoms. The summed E-state index contributed by atoms with van der Waals surface area (Å²) in [6, 6.07) is 8.88. The molecule has 0 saturated heterocycles. The third kappa shape index (κ3) is 3.67. The van der Waals surface area contributed by atoms with Crippen molar-refractivity contribution in [2.75, 3.05) is 11.5 Å². The molecule has 3 N–H and O–H groups in total. The molecule has 5 nitrogen and oxygen atoms in total. The molecule has 0 aliphatic carbocycles. The van der Waals surface area contributed by atoms with E-state index in [2.05, 4.69) is 6.92 Å². The molecule has 1 aromatic heterocycles. The highest BCUT2D eigenvalue weighted by molar-refractivity contribution is 7.91. The molecule has 152 valence electrons. The Labute approximate surface area is 168 Å². The monoisotopic (exact) mass is 403 g/mol. The summed E-state index contributed by atoms with van der Waals surface area (Å²) in [5.74, 6) is -0.472. The maximum atomic E-state index is 13.4. The first-order valence-corrected chi connectivity index (χ1v) is 11.6. The smallest absolute Gasteiger partial charge is 0.179 e. The minimum atomic E-state index is -3.55. The second-order valence-electron chi connectivity index (χ2n) is 8.10. The van der Waals surface area contributed by atoms with Gasteiger partial charge in [0.1, 0.15) is 7.05 Å². The highest BCUT2D eigenvalue weighted by Crippen LogP contribution is 2.48. The van der Waals surface area contributed by atoms with Crippen LogP contribution in [0.2, 0.25) is 0 Å². The lowest BCUT2D eigenvalue weighted by Gasteiger charge is -2.39. The van der Waals surface area contributed by atoms with Crippen LogP contribution >= 0.6 is 0 Å². The molecule has 0 bridgehead atoms. The summed E-state index contributed by atoms with van der Waals surface area (Å²) in [7, 11) is -1.62. The van der Waals surface area contributed by atoms with Crippen LogP contribution in [0.1, 0.15) is 56.6 Å². The summed E-state index contributed by atoms with van der Waals surface area (Å²) in [4.78, 5) is 0.297. The van der Waals surface area contributed by atoms with Crippen LogP contribution in [0.25, 0.3) is 0 Å². The van der Waals surface area contributed by atoms with Gasteiger partial charge in [0.2, 0.25) is 0 Å².